The molecule has 0 aliphatic rings. The maximum Gasteiger partial charge on any atom is 0.243 e. The molecule has 0 aliphatic heterocycles. The third-order valence-corrected chi connectivity index (χ3v) is 3.47. The van der Waals surface area contributed by atoms with Crippen molar-refractivity contribution in [3.8, 4) is 0 Å². The standard InChI is InChI=1S/C15H24N2O/c1-6-12(4)14(16)15(18)17(5)13-8-10(2)7-11(3)9-13/h7-9,12,14H,6,16H2,1-5H3. The first kappa shape index (κ1) is 14.7. The van der Waals surface area contributed by atoms with Gasteiger partial charge in [-0.2, -0.15) is 0 Å². The molecule has 2 atom stereocenters. The molecule has 0 aliphatic carbocycles. The van der Waals surface area contributed by atoms with Crippen LogP contribution in [0.15, 0.2) is 18.2 Å². The molecule has 1 aromatic rings. The topological polar surface area (TPSA) is 46.3 Å². The highest BCUT2D eigenvalue weighted by molar-refractivity contribution is 5.96. The molecule has 3 nitrogen and oxygen atoms in total. The Bertz CT molecular complexity index is 408. The summed E-state index contributed by atoms with van der Waals surface area (Å²) in [5, 5.41) is 0. The zero-order valence-corrected chi connectivity index (χ0v) is 12.0. The van der Waals surface area contributed by atoms with E-state index in [9.17, 15) is 4.79 Å². The van der Waals surface area contributed by atoms with Crippen molar-refractivity contribution in [2.75, 3.05) is 11.9 Å². The van der Waals surface area contributed by atoms with Crippen LogP contribution in [0, 0.1) is 19.8 Å². The summed E-state index contributed by atoms with van der Waals surface area (Å²) in [6, 6.07) is 5.68. The molecular weight excluding hydrogens is 224 g/mol. The lowest BCUT2D eigenvalue weighted by Gasteiger charge is -2.25. The van der Waals surface area contributed by atoms with Crippen LogP contribution in [0.4, 0.5) is 5.69 Å². The van der Waals surface area contributed by atoms with Crippen LogP contribution in [0.1, 0.15) is 31.4 Å². The zero-order chi connectivity index (χ0) is 13.9. The number of carbonyl (C=O) groups excluding carboxylic acids is 1. The Hall–Kier alpha value is -1.35. The summed E-state index contributed by atoms with van der Waals surface area (Å²) in [7, 11) is 1.79. The largest absolute Gasteiger partial charge is 0.320 e. The Morgan fingerprint density at radius 3 is 2.22 bits per heavy atom. The van der Waals surface area contributed by atoms with E-state index in [1.807, 2.05) is 32.9 Å². The molecular formula is C15H24N2O. The van der Waals surface area contributed by atoms with Crippen LogP contribution in [0.3, 0.4) is 0 Å². The van der Waals surface area contributed by atoms with Crippen LogP contribution < -0.4 is 10.6 Å². The number of carbonyl (C=O) groups is 1. The molecule has 2 N–H and O–H groups in total. The molecule has 0 aromatic heterocycles. The molecule has 2 unspecified atom stereocenters. The smallest absolute Gasteiger partial charge is 0.243 e. The highest BCUT2D eigenvalue weighted by Gasteiger charge is 2.23. The molecule has 100 valence electrons. The van der Waals surface area contributed by atoms with Crippen LogP contribution in [-0.4, -0.2) is 19.0 Å². The van der Waals surface area contributed by atoms with E-state index in [4.69, 9.17) is 5.73 Å². The van der Waals surface area contributed by atoms with Crippen molar-refractivity contribution in [1.82, 2.24) is 0 Å². The first-order chi connectivity index (χ1) is 8.36. The second-order valence-electron chi connectivity index (χ2n) is 5.15. The number of likely N-dealkylation sites (N-methyl/N-ethyl adjacent to an activating group) is 1. The minimum absolute atomic E-state index is 0.0191. The van der Waals surface area contributed by atoms with Gasteiger partial charge in [-0.1, -0.05) is 26.3 Å². The van der Waals surface area contributed by atoms with Crippen molar-refractivity contribution in [3.05, 3.63) is 29.3 Å². The molecule has 1 rings (SSSR count). The van der Waals surface area contributed by atoms with Crippen LogP contribution >= 0.6 is 0 Å². The summed E-state index contributed by atoms with van der Waals surface area (Å²) in [6.45, 7) is 8.12. The number of nitrogens with two attached hydrogens (primary N) is 1. The maximum atomic E-state index is 12.3. The van der Waals surface area contributed by atoms with Crippen molar-refractivity contribution in [2.45, 2.75) is 40.2 Å². The predicted molar refractivity (Wildman–Crippen MR) is 76.8 cm³/mol. The van der Waals surface area contributed by atoms with Crippen molar-refractivity contribution < 1.29 is 4.79 Å². The number of amides is 1. The van der Waals surface area contributed by atoms with E-state index in [0.29, 0.717) is 0 Å². The van der Waals surface area contributed by atoms with Crippen molar-refractivity contribution >= 4 is 11.6 Å². The number of hydrogen-bond donors (Lipinski definition) is 1. The fraction of sp³-hybridized carbons (Fsp3) is 0.533. The lowest BCUT2D eigenvalue weighted by Crippen LogP contribution is -2.45. The molecule has 0 bridgehead atoms. The number of nitrogens with zero attached hydrogens (tertiary/aromatic N) is 1. The third kappa shape index (κ3) is 3.33. The number of aryl methyl sites for hydroxylation is 2. The Morgan fingerprint density at radius 1 is 1.28 bits per heavy atom. The summed E-state index contributed by atoms with van der Waals surface area (Å²) in [5.74, 6) is 0.181. The van der Waals surface area contributed by atoms with Gasteiger partial charge in [0.15, 0.2) is 0 Å². The summed E-state index contributed by atoms with van der Waals surface area (Å²) in [4.78, 5) is 13.9. The molecule has 0 saturated heterocycles. The molecule has 0 fully saturated rings. The van der Waals surface area contributed by atoms with Gasteiger partial charge in [0, 0.05) is 12.7 Å². The molecule has 0 saturated carbocycles. The Balaban J connectivity index is 2.92. The van der Waals surface area contributed by atoms with Gasteiger partial charge in [-0.3, -0.25) is 4.79 Å². The van der Waals surface area contributed by atoms with Gasteiger partial charge in [0.2, 0.25) is 5.91 Å². The third-order valence-electron chi connectivity index (χ3n) is 3.47. The average Bonchev–Trinajstić information content (AvgIpc) is 2.33. The number of anilines is 1. The first-order valence-corrected chi connectivity index (χ1v) is 6.48. The van der Waals surface area contributed by atoms with E-state index in [1.165, 1.54) is 0 Å². The van der Waals surface area contributed by atoms with Gasteiger partial charge in [0.05, 0.1) is 6.04 Å². The summed E-state index contributed by atoms with van der Waals surface area (Å²) >= 11 is 0. The lowest BCUT2D eigenvalue weighted by molar-refractivity contribution is -0.120. The molecule has 0 heterocycles. The molecule has 1 amide bonds. The van der Waals surface area contributed by atoms with Crippen LogP contribution in [0.25, 0.3) is 0 Å². The normalized spacial score (nSPS) is 14.1. The summed E-state index contributed by atoms with van der Waals surface area (Å²) < 4.78 is 0. The van der Waals surface area contributed by atoms with Crippen molar-refractivity contribution in [2.24, 2.45) is 11.7 Å². The molecule has 0 spiro atoms. The van der Waals surface area contributed by atoms with E-state index in [-0.39, 0.29) is 11.8 Å². The van der Waals surface area contributed by atoms with Crippen molar-refractivity contribution in [1.29, 1.82) is 0 Å². The Labute approximate surface area is 110 Å². The van der Waals surface area contributed by atoms with E-state index in [1.54, 1.807) is 11.9 Å². The van der Waals surface area contributed by atoms with Crippen LogP contribution in [0.2, 0.25) is 0 Å². The van der Waals surface area contributed by atoms with E-state index in [0.717, 1.165) is 23.2 Å². The van der Waals surface area contributed by atoms with Gasteiger partial charge < -0.3 is 10.6 Å². The van der Waals surface area contributed by atoms with E-state index >= 15 is 0 Å². The highest BCUT2D eigenvalue weighted by Crippen LogP contribution is 2.19. The molecule has 0 radical (unpaired) electrons. The summed E-state index contributed by atoms with van der Waals surface area (Å²) in [6.07, 6.45) is 0.910. The fourth-order valence-electron chi connectivity index (χ4n) is 1.99. The van der Waals surface area contributed by atoms with Crippen molar-refractivity contribution in [3.63, 3.8) is 0 Å². The lowest BCUT2D eigenvalue weighted by atomic mass is 9.98. The second-order valence-corrected chi connectivity index (χ2v) is 5.15. The minimum Gasteiger partial charge on any atom is -0.320 e. The van der Waals surface area contributed by atoms with E-state index < -0.39 is 6.04 Å². The van der Waals surface area contributed by atoms with Crippen LogP contribution in [0.5, 0.6) is 0 Å². The zero-order valence-electron chi connectivity index (χ0n) is 12.0. The van der Waals surface area contributed by atoms with Gasteiger partial charge in [0.25, 0.3) is 0 Å². The SMILES string of the molecule is CCC(C)C(N)C(=O)N(C)c1cc(C)cc(C)c1. The average molecular weight is 248 g/mol. The van der Waals surface area contributed by atoms with E-state index in [2.05, 4.69) is 13.0 Å². The quantitative estimate of drug-likeness (QED) is 0.890. The highest BCUT2D eigenvalue weighted by atomic mass is 16.2. The molecule has 18 heavy (non-hydrogen) atoms. The van der Waals surface area contributed by atoms with Gasteiger partial charge in [0.1, 0.15) is 0 Å². The summed E-state index contributed by atoms with van der Waals surface area (Å²) in [5.41, 5.74) is 9.22. The molecule has 1 aromatic carbocycles. The Kier molecular flexibility index (Phi) is 4.91. The van der Waals surface area contributed by atoms with Gasteiger partial charge >= 0.3 is 0 Å². The number of rotatable bonds is 4. The van der Waals surface area contributed by atoms with Gasteiger partial charge in [-0.05, 0) is 43.0 Å². The second kappa shape index (κ2) is 6.01. The fourth-order valence-corrected chi connectivity index (χ4v) is 1.99. The Morgan fingerprint density at radius 2 is 1.78 bits per heavy atom. The van der Waals surface area contributed by atoms with Gasteiger partial charge in [-0.25, -0.2) is 0 Å². The first-order valence-electron chi connectivity index (χ1n) is 6.48. The molecule has 3 heteroatoms. The monoisotopic (exact) mass is 248 g/mol. The minimum atomic E-state index is -0.430. The number of benzene rings is 1. The predicted octanol–water partition coefficient (Wildman–Crippen LogP) is 2.64. The maximum absolute atomic E-state index is 12.3. The number of hydrogen-bond acceptors (Lipinski definition) is 2. The van der Waals surface area contributed by atoms with Gasteiger partial charge in [-0.15, -0.1) is 0 Å². The van der Waals surface area contributed by atoms with Crippen LogP contribution in [-0.2, 0) is 4.79 Å².